The van der Waals surface area contributed by atoms with Gasteiger partial charge in [-0.1, -0.05) is 104 Å². The molecule has 0 radical (unpaired) electrons. The average Bonchev–Trinajstić information content (AvgIpc) is 1.78. The third kappa shape index (κ3) is 42.6. The number of ether oxygens (including phenoxy) is 3. The molecule has 0 aromatic carbocycles. The Morgan fingerprint density at radius 1 is 0.651 bits per heavy atom. The van der Waals surface area contributed by atoms with Crippen LogP contribution in [0.2, 0.25) is 0 Å². The number of nitrogens with two attached hydrogens (primary N) is 1. The molecule has 28 heteroatoms. The van der Waals surface area contributed by atoms with Gasteiger partial charge in [0.05, 0.1) is 102 Å². The van der Waals surface area contributed by atoms with Crippen molar-refractivity contribution in [3.8, 4) is 0 Å². The molecule has 2 bridgehead atoms. The van der Waals surface area contributed by atoms with E-state index in [0.717, 1.165) is 49.1 Å². The highest BCUT2D eigenvalue weighted by molar-refractivity contribution is 7.80. The number of aliphatic hydroxyl groups is 12. The number of fused-ring (bicyclic) bond motifs is 2. The van der Waals surface area contributed by atoms with Crippen LogP contribution in [0.3, 0.4) is 0 Å². The Hall–Kier alpha value is -3.47. The van der Waals surface area contributed by atoms with Crippen LogP contribution in [-0.4, -0.2) is 213 Å². The van der Waals surface area contributed by atoms with E-state index in [2.05, 4.69) is 29.5 Å². The first kappa shape index (κ1) is 97.9. The number of cyclic esters (lactones) is 1. The highest BCUT2D eigenvalue weighted by Crippen LogP contribution is 2.38. The fourth-order valence-electron chi connectivity index (χ4n) is 14.9. The third-order valence-electron chi connectivity index (χ3n) is 21.8. The Morgan fingerprint density at radius 3 is 1.83 bits per heavy atom. The third-order valence-corrected chi connectivity index (χ3v) is 23.2. The lowest BCUT2D eigenvalue weighted by Gasteiger charge is -2.35. The van der Waals surface area contributed by atoms with Crippen LogP contribution in [0.4, 0.5) is 0 Å². The molecule has 2 aliphatic rings. The Morgan fingerprint density at radius 2 is 1.21 bits per heavy atom. The first-order valence-electron chi connectivity index (χ1n) is 41.2. The Kier molecular flexibility index (Phi) is 48.2. The van der Waals surface area contributed by atoms with Crippen LogP contribution in [0.25, 0.3) is 0 Å². The van der Waals surface area contributed by atoms with Crippen LogP contribution >= 0.6 is 11.3 Å². The summed E-state index contributed by atoms with van der Waals surface area (Å²) in [6.07, 6.45) is 12.9. The van der Waals surface area contributed by atoms with Crippen molar-refractivity contribution in [1.82, 2.24) is 15.3 Å². The van der Waals surface area contributed by atoms with Gasteiger partial charge in [0.1, 0.15) is 24.6 Å². The van der Waals surface area contributed by atoms with Crippen LogP contribution in [0, 0.1) is 23.7 Å². The molecule has 2 aliphatic heterocycles. The van der Waals surface area contributed by atoms with Crippen LogP contribution in [0.15, 0.2) is 39.9 Å². The van der Waals surface area contributed by atoms with E-state index in [9.17, 15) is 83.8 Å². The van der Waals surface area contributed by atoms with Gasteiger partial charge in [0, 0.05) is 42.9 Å². The monoisotopic (exact) mass is 1590 g/mol. The summed E-state index contributed by atoms with van der Waals surface area (Å²) in [6, 6.07) is -1.19. The lowest BCUT2D eigenvalue weighted by Crippen LogP contribution is -2.55. The van der Waals surface area contributed by atoms with Gasteiger partial charge >= 0.3 is 16.4 Å². The van der Waals surface area contributed by atoms with Crippen molar-refractivity contribution in [1.29, 1.82) is 0 Å². The smallest absolute Gasteiger partial charge is 0.397 e. The first-order chi connectivity index (χ1) is 51.7. The molecular weight excluding hydrogens is 1450 g/mol. The fraction of sp³-hybridized carbons (Fsp3) is 0.852. The summed E-state index contributed by atoms with van der Waals surface area (Å²) < 4.78 is 64.4. The van der Waals surface area contributed by atoms with Gasteiger partial charge in [-0.05, 0) is 212 Å². The molecule has 23 atom stereocenters. The van der Waals surface area contributed by atoms with Crippen molar-refractivity contribution < 1.29 is 107 Å². The fourth-order valence-corrected chi connectivity index (χ4v) is 16.4. The average molecular weight is 1590 g/mol. The van der Waals surface area contributed by atoms with Gasteiger partial charge in [-0.15, -0.1) is 11.3 Å². The minimum absolute atomic E-state index is 0.0201. The number of aliphatic hydroxyl groups excluding tert-OH is 12. The summed E-state index contributed by atoms with van der Waals surface area (Å²) in [5.74, 6) is -2.94. The second kappa shape index (κ2) is 53.6. The van der Waals surface area contributed by atoms with Gasteiger partial charge in [-0.2, -0.15) is 8.42 Å². The molecule has 4 rings (SSSR count). The van der Waals surface area contributed by atoms with Crippen LogP contribution in [0.1, 0.15) is 313 Å². The number of nitrogens with zero attached hydrogens (tertiary/aromatic N) is 2. The molecule has 1 amide bonds. The van der Waals surface area contributed by atoms with E-state index in [1.807, 2.05) is 19.1 Å². The highest BCUT2D eigenvalue weighted by Gasteiger charge is 2.40. The van der Waals surface area contributed by atoms with Crippen molar-refractivity contribution in [3.05, 3.63) is 57.7 Å². The SMILES string of the molecule is CO[C@@H]1/C=C/C(C)CCC(O)CC(O)CCCC(O)CCCCC(C)C(OS(=O)(=O)O)C(NC(=O)/C(C)=C/C(C)C(O)CC(O)CC(O)CCCC(O)CC(O)CC(O)CC2OC(c3csc(CCCCCCCCCC[C@@H](C)N)n3)CCC2C)C(C)OC(=O)c2coc(n2)CCC[C@H](O)C[C@H](O)CCC[C@H](O)C1. The maximum Gasteiger partial charge on any atom is 0.397 e. The number of esters is 1. The van der Waals surface area contributed by atoms with Crippen LogP contribution < -0.4 is 11.1 Å². The van der Waals surface area contributed by atoms with E-state index in [-0.39, 0.29) is 124 Å². The molecule has 2 aromatic heterocycles. The maximum atomic E-state index is 14.3. The van der Waals surface area contributed by atoms with E-state index in [1.165, 1.54) is 64.9 Å². The maximum absolute atomic E-state index is 14.3. The van der Waals surface area contributed by atoms with E-state index in [1.54, 1.807) is 32.3 Å². The number of rotatable bonds is 33. The van der Waals surface area contributed by atoms with E-state index >= 15 is 0 Å². The number of allylic oxidation sites excluding steroid dienone is 1. The van der Waals surface area contributed by atoms with Crippen LogP contribution in [0.5, 0.6) is 0 Å². The number of oxazole rings is 1. The predicted molar refractivity (Wildman–Crippen MR) is 419 cm³/mol. The summed E-state index contributed by atoms with van der Waals surface area (Å²) in [5.41, 5.74) is 6.57. The largest absolute Gasteiger partial charge is 0.456 e. The lowest BCUT2D eigenvalue weighted by atomic mass is 9.88. The highest BCUT2D eigenvalue weighted by atomic mass is 32.3. The van der Waals surface area contributed by atoms with Crippen molar-refractivity contribution in [2.75, 3.05) is 7.11 Å². The number of hydrogen-bond donors (Lipinski definition) is 15. The molecule has 26 nitrogen and oxygen atoms in total. The number of amides is 1. The zero-order chi connectivity index (χ0) is 80.6. The number of aromatic nitrogens is 2. The zero-order valence-corrected chi connectivity index (χ0v) is 68.4. The van der Waals surface area contributed by atoms with Crippen molar-refractivity contribution >= 4 is 33.6 Å². The van der Waals surface area contributed by atoms with Gasteiger partial charge in [-0.3, -0.25) is 9.35 Å². The molecule has 109 heavy (non-hydrogen) atoms. The van der Waals surface area contributed by atoms with E-state index in [0.29, 0.717) is 96.3 Å². The molecule has 0 aliphatic carbocycles. The summed E-state index contributed by atoms with van der Waals surface area (Å²) in [6.45, 7) is 12.2. The molecule has 16 N–H and O–H groups in total. The molecule has 0 spiro atoms. The molecule has 18 unspecified atom stereocenters. The predicted octanol–water partition coefficient (Wildman–Crippen LogP) is 10.4. The number of unbranched alkanes of at least 4 members (excludes halogenated alkanes) is 7. The molecule has 2 aromatic rings. The van der Waals surface area contributed by atoms with Gasteiger partial charge < -0.3 is 91.0 Å². The number of carbonyl (C=O) groups excluding carboxylic acids is 2. The van der Waals surface area contributed by atoms with Crippen molar-refractivity contribution in [2.45, 2.75) is 408 Å². The quantitative estimate of drug-likeness (QED) is 0.0104. The van der Waals surface area contributed by atoms with Gasteiger partial charge in [0.25, 0.3) is 0 Å². The van der Waals surface area contributed by atoms with Gasteiger partial charge in [0.15, 0.2) is 11.6 Å². The lowest BCUT2D eigenvalue weighted by molar-refractivity contribution is -0.120. The summed E-state index contributed by atoms with van der Waals surface area (Å²) in [7, 11) is -3.68. The first-order valence-corrected chi connectivity index (χ1v) is 43.4. The second-order valence-corrected chi connectivity index (χ2v) is 34.5. The number of thiazole rings is 1. The number of aryl methyl sites for hydroxylation is 2. The topological polar surface area (TPSA) is 445 Å². The normalized spacial score (nSPS) is 29.7. The van der Waals surface area contributed by atoms with Crippen molar-refractivity contribution in [3.63, 3.8) is 0 Å². The minimum atomic E-state index is -5.24. The Labute approximate surface area is 654 Å². The Balaban J connectivity index is 1.31. The van der Waals surface area contributed by atoms with Gasteiger partial charge in [0.2, 0.25) is 5.91 Å². The second-order valence-electron chi connectivity index (χ2n) is 32.5. The zero-order valence-electron chi connectivity index (χ0n) is 66.8. The van der Waals surface area contributed by atoms with Gasteiger partial charge in [-0.25, -0.2) is 18.9 Å². The number of carbonyl (C=O) groups is 2. The van der Waals surface area contributed by atoms with E-state index < -0.39 is 126 Å². The molecular formula is C81H144N4O22S2. The standard InChI is InChI=1S/C81H144N4O22S2/c1-52-35-38-66(93)43-61(88)27-19-26-59(86)25-18-17-23-54(3)79(107-109(100,101)102)78(58(7)105-81(99)71-50-104-76(83-71)33-22-32-62(89)42-60(87)28-21-31-65(92)47-70(103-8)39-36-52)85-80(98)56(5)41-55(4)73(97)48-68(95)45-64(91)30-20-29-63(90)44-67(94)46-69(96)49-75-53(2)37-40-74(106-75)72-51-108-77(84-72)34-16-14-12-10-9-11-13-15-24-57(6)82/h36,39,41,50-55,57-70,73-75,78-79,86-97H,9-35,37-38,40,42-49,82H2,1-8H3,(H,85,98)(H,100,101,102)/b39-36+,56-41+/t52?,53?,54?,55?,57-,58?,59?,60-,61?,62+,63?,64?,65+,66?,67?,68?,69?,70-,73?,74?,75?,78?,79?/m1/s1. The molecule has 632 valence electrons. The van der Waals surface area contributed by atoms with E-state index in [4.69, 9.17) is 33.5 Å². The number of nitrogens with one attached hydrogen (secondary N) is 1. The molecule has 1 saturated heterocycles. The number of hydrogen-bond acceptors (Lipinski definition) is 25. The Bertz CT molecular complexity index is 2920. The summed E-state index contributed by atoms with van der Waals surface area (Å²) >= 11 is 1.68. The summed E-state index contributed by atoms with van der Waals surface area (Å²) in [5, 5.41) is 137. The number of methoxy groups -OCH3 is 1. The minimum Gasteiger partial charge on any atom is -0.456 e. The summed E-state index contributed by atoms with van der Waals surface area (Å²) in [4.78, 5) is 37.3. The molecule has 1 fully saturated rings. The molecule has 4 heterocycles. The van der Waals surface area contributed by atoms with Crippen LogP contribution in [-0.2, 0) is 46.4 Å². The molecule has 0 saturated carbocycles. The van der Waals surface area contributed by atoms with Crippen molar-refractivity contribution in [2.24, 2.45) is 29.4 Å².